The molecule has 0 bridgehead atoms. The Morgan fingerprint density at radius 1 is 1.36 bits per heavy atom. The lowest BCUT2D eigenvalue weighted by atomic mass is 10.0. The first-order chi connectivity index (χ1) is 11.0. The molecular formula is C15H20F3NO2S. The molecule has 1 saturated carbocycles. The maximum absolute atomic E-state index is 13.1. The van der Waals surface area contributed by atoms with E-state index in [0.717, 1.165) is 31.2 Å². The van der Waals surface area contributed by atoms with Crippen LogP contribution < -0.4 is 5.32 Å². The number of aryl methyl sites for hydroxylation is 1. The summed E-state index contributed by atoms with van der Waals surface area (Å²) < 4.78 is 79.8. The predicted octanol–water partition coefficient (Wildman–Crippen LogP) is 3.88. The van der Waals surface area contributed by atoms with Crippen LogP contribution in [0.2, 0.25) is 0 Å². The minimum atomic E-state index is -4.71. The molecule has 124 valence electrons. The molecule has 2 rings (SSSR count). The van der Waals surface area contributed by atoms with Crippen LogP contribution in [0.15, 0.2) is 17.0 Å². The van der Waals surface area contributed by atoms with Crippen molar-refractivity contribution in [2.45, 2.75) is 43.1 Å². The zero-order chi connectivity index (χ0) is 18.3. The Hall–Kier alpha value is -1.24. The Kier molecular flexibility index (Phi) is 3.98. The Morgan fingerprint density at radius 3 is 2.45 bits per heavy atom. The summed E-state index contributed by atoms with van der Waals surface area (Å²) in [6.07, 6.45) is -3.52. The summed E-state index contributed by atoms with van der Waals surface area (Å²) >= 11 is 0. The molecule has 0 radical (unpaired) electrons. The number of alkyl halides is 3. The first-order valence-electron chi connectivity index (χ1n) is 8.08. The summed E-state index contributed by atoms with van der Waals surface area (Å²) in [5.74, 6) is 0.206. The summed E-state index contributed by atoms with van der Waals surface area (Å²) in [4.78, 5) is -0.497. The van der Waals surface area contributed by atoms with Crippen molar-refractivity contribution in [2.24, 2.45) is 5.92 Å². The van der Waals surface area contributed by atoms with Crippen molar-refractivity contribution in [3.8, 4) is 0 Å². The van der Waals surface area contributed by atoms with Crippen LogP contribution >= 0.6 is 0 Å². The molecule has 0 heterocycles. The third-order valence-corrected chi connectivity index (χ3v) is 4.72. The van der Waals surface area contributed by atoms with E-state index in [1.807, 2.05) is 0 Å². The first kappa shape index (κ1) is 14.4. The number of halogens is 3. The molecule has 0 saturated heterocycles. The maximum Gasteiger partial charge on any atom is 0.418 e. The number of hydrogen-bond donors (Lipinski definition) is 1. The van der Waals surface area contributed by atoms with Gasteiger partial charge in [-0.3, -0.25) is 0 Å². The summed E-state index contributed by atoms with van der Waals surface area (Å²) in [6, 6.07) is 1.85. The van der Waals surface area contributed by atoms with Gasteiger partial charge in [-0.15, -0.1) is 0 Å². The molecule has 22 heavy (non-hydrogen) atoms. The van der Waals surface area contributed by atoms with Crippen molar-refractivity contribution in [3.05, 3.63) is 23.3 Å². The fourth-order valence-corrected chi connectivity index (χ4v) is 3.53. The van der Waals surface area contributed by atoms with Crippen molar-refractivity contribution in [1.29, 1.82) is 0 Å². The van der Waals surface area contributed by atoms with Gasteiger partial charge in [0.25, 0.3) is 0 Å². The van der Waals surface area contributed by atoms with Crippen LogP contribution in [0.25, 0.3) is 0 Å². The third-order valence-electron chi connectivity index (χ3n) is 3.54. The van der Waals surface area contributed by atoms with Crippen LogP contribution in [0, 0.1) is 5.92 Å². The molecule has 0 aromatic heterocycles. The molecule has 3 nitrogen and oxygen atoms in total. The lowest BCUT2D eigenvalue weighted by Gasteiger charge is -2.19. The highest BCUT2D eigenvalue weighted by atomic mass is 32.2. The summed E-state index contributed by atoms with van der Waals surface area (Å²) in [5, 5.41) is 2.33. The average Bonchev–Trinajstić information content (AvgIpc) is 3.27. The highest BCUT2D eigenvalue weighted by molar-refractivity contribution is 7.91. The van der Waals surface area contributed by atoms with Crippen LogP contribution in [0.4, 0.5) is 18.9 Å². The monoisotopic (exact) mass is 337 g/mol. The van der Waals surface area contributed by atoms with Crippen LogP contribution in [0.3, 0.4) is 0 Å². The average molecular weight is 337 g/mol. The van der Waals surface area contributed by atoms with Gasteiger partial charge in [-0.25, -0.2) is 8.42 Å². The molecule has 0 aliphatic heterocycles. The summed E-state index contributed by atoms with van der Waals surface area (Å²) in [6.45, 7) is 0. The zero-order valence-corrected chi connectivity index (χ0v) is 13.2. The number of rotatable bonds is 6. The van der Waals surface area contributed by atoms with Crippen LogP contribution in [-0.4, -0.2) is 21.7 Å². The van der Waals surface area contributed by atoms with Gasteiger partial charge in [-0.1, -0.05) is 25.3 Å². The summed E-state index contributed by atoms with van der Waals surface area (Å²) in [5.41, 5.74) is -1.61. The Bertz CT molecular complexity index is 718. The molecule has 7 heteroatoms. The number of nitrogens with one attached hydrogen (secondary N) is 1. The highest BCUT2D eigenvalue weighted by Crippen LogP contribution is 2.40. The van der Waals surface area contributed by atoms with E-state index < -0.39 is 45.0 Å². The standard InChI is InChI=1S/C15H20F3NO2S/c1-19-13-12(15(16,17)18)9-8-11(14(13)22(2,20)21)5-3-4-10-6-7-10/h8-10,19H,3-7H2,1-2H3/i4D,5D. The molecule has 1 N–H and O–H groups in total. The number of anilines is 1. The van der Waals surface area contributed by atoms with Crippen molar-refractivity contribution in [3.63, 3.8) is 0 Å². The Balaban J connectivity index is 2.55. The number of hydrogen-bond acceptors (Lipinski definition) is 3. The molecule has 1 aliphatic rings. The molecule has 2 atom stereocenters. The second-order valence-corrected chi connectivity index (χ2v) is 7.39. The number of sulfone groups is 1. The van der Waals surface area contributed by atoms with E-state index in [1.165, 1.54) is 7.05 Å². The lowest BCUT2D eigenvalue weighted by Crippen LogP contribution is -2.15. The predicted molar refractivity (Wildman–Crippen MR) is 79.8 cm³/mol. The minimum absolute atomic E-state index is 0.00718. The molecule has 1 aliphatic carbocycles. The van der Waals surface area contributed by atoms with E-state index in [4.69, 9.17) is 2.74 Å². The molecule has 2 unspecified atom stereocenters. The zero-order valence-electron chi connectivity index (χ0n) is 14.4. The Morgan fingerprint density at radius 2 is 2.00 bits per heavy atom. The largest absolute Gasteiger partial charge is 0.418 e. The molecule has 0 spiro atoms. The van der Waals surface area contributed by atoms with Gasteiger partial charge in [-0.2, -0.15) is 13.2 Å². The topological polar surface area (TPSA) is 46.2 Å². The third kappa shape index (κ3) is 3.94. The van der Waals surface area contributed by atoms with Crippen molar-refractivity contribution >= 4 is 15.5 Å². The van der Waals surface area contributed by atoms with Gasteiger partial charge in [-0.05, 0) is 30.4 Å². The highest BCUT2D eigenvalue weighted by Gasteiger charge is 2.36. The van der Waals surface area contributed by atoms with Crippen LogP contribution in [-0.2, 0) is 22.4 Å². The number of benzene rings is 1. The van der Waals surface area contributed by atoms with Crippen LogP contribution in [0.1, 0.15) is 39.5 Å². The van der Waals surface area contributed by atoms with E-state index in [0.29, 0.717) is 0 Å². The van der Waals surface area contributed by atoms with E-state index in [2.05, 4.69) is 5.32 Å². The second-order valence-electron chi connectivity index (χ2n) is 5.44. The first-order valence-corrected chi connectivity index (χ1v) is 8.82. The van der Waals surface area contributed by atoms with Gasteiger partial charge in [0.2, 0.25) is 0 Å². The van der Waals surface area contributed by atoms with Crippen molar-refractivity contribution in [2.75, 3.05) is 18.6 Å². The fraction of sp³-hybridized carbons (Fsp3) is 0.600. The summed E-state index contributed by atoms with van der Waals surface area (Å²) in [7, 11) is -2.77. The van der Waals surface area contributed by atoms with E-state index in [9.17, 15) is 21.6 Å². The van der Waals surface area contributed by atoms with Crippen LogP contribution in [0.5, 0.6) is 0 Å². The molecule has 1 fully saturated rings. The van der Waals surface area contributed by atoms with Gasteiger partial charge in [0.1, 0.15) is 0 Å². The van der Waals surface area contributed by atoms with E-state index >= 15 is 0 Å². The van der Waals surface area contributed by atoms with Crippen molar-refractivity contribution in [1.82, 2.24) is 0 Å². The Labute approximate surface area is 131 Å². The molecular weight excluding hydrogens is 315 g/mol. The normalized spacial score (nSPS) is 20.0. The van der Waals surface area contributed by atoms with Crippen molar-refractivity contribution < 1.29 is 24.3 Å². The van der Waals surface area contributed by atoms with Gasteiger partial charge in [0.15, 0.2) is 9.84 Å². The smallest absolute Gasteiger partial charge is 0.387 e. The minimum Gasteiger partial charge on any atom is -0.387 e. The van der Waals surface area contributed by atoms with Gasteiger partial charge >= 0.3 is 6.18 Å². The van der Waals surface area contributed by atoms with E-state index in [-0.39, 0.29) is 17.9 Å². The molecule has 0 amide bonds. The lowest BCUT2D eigenvalue weighted by molar-refractivity contribution is -0.137. The van der Waals surface area contributed by atoms with Gasteiger partial charge in [0, 0.05) is 16.0 Å². The second kappa shape index (κ2) is 6.10. The van der Waals surface area contributed by atoms with Gasteiger partial charge in [0.05, 0.1) is 16.1 Å². The fourth-order valence-electron chi connectivity index (χ4n) is 2.36. The maximum atomic E-state index is 13.1. The molecule has 1 aromatic carbocycles. The quantitative estimate of drug-likeness (QED) is 0.857. The SMILES string of the molecule is [2H]C(CC([2H])C1CC1)c1ccc(C(F)(F)F)c(NC)c1S(C)(=O)=O. The van der Waals surface area contributed by atoms with Gasteiger partial charge < -0.3 is 5.32 Å². The van der Waals surface area contributed by atoms with E-state index in [1.54, 1.807) is 0 Å². The molecule has 1 aromatic rings.